The van der Waals surface area contributed by atoms with E-state index in [2.05, 4.69) is 4.98 Å². The molecule has 1 N–H and O–H groups in total. The Labute approximate surface area is 128 Å². The lowest BCUT2D eigenvalue weighted by molar-refractivity contribution is -0.136. The zero-order valence-corrected chi connectivity index (χ0v) is 12.1. The fraction of sp³-hybridized carbons (Fsp3) is 0.0769. The van der Waals surface area contributed by atoms with E-state index in [1.165, 1.54) is 18.2 Å². The molecule has 2 aromatic rings. The molecule has 0 bridgehead atoms. The lowest BCUT2D eigenvalue weighted by Gasteiger charge is -2.09. The van der Waals surface area contributed by atoms with Crippen molar-refractivity contribution >= 4 is 40.8 Å². The van der Waals surface area contributed by atoms with Crippen LogP contribution in [0.5, 0.6) is 0 Å². The van der Waals surface area contributed by atoms with Crippen LogP contribution in [0.2, 0.25) is 15.1 Å². The Balaban J connectivity index is 2.60. The standard InChI is InChI=1S/C13H7Cl3FNO2/c14-7-3-8(12(16)10(15)4-7)9-1-6(2-11(19)20)5-18-13(9)17/h1,3-5H,2H2,(H,19,20). The van der Waals surface area contributed by atoms with Gasteiger partial charge in [0.2, 0.25) is 5.95 Å². The molecular formula is C13H7Cl3FNO2. The second-order valence-corrected chi connectivity index (χ2v) is 5.22. The van der Waals surface area contributed by atoms with Gasteiger partial charge in [-0.25, -0.2) is 4.98 Å². The van der Waals surface area contributed by atoms with Gasteiger partial charge < -0.3 is 5.11 Å². The lowest BCUT2D eigenvalue weighted by Crippen LogP contribution is -2.02. The molecule has 0 fully saturated rings. The molecule has 20 heavy (non-hydrogen) atoms. The minimum atomic E-state index is -1.04. The van der Waals surface area contributed by atoms with E-state index in [1.807, 2.05) is 0 Å². The largest absolute Gasteiger partial charge is 0.481 e. The summed E-state index contributed by atoms with van der Waals surface area (Å²) in [5, 5.41) is 9.35. The van der Waals surface area contributed by atoms with Crippen molar-refractivity contribution in [3.05, 3.63) is 51.0 Å². The lowest BCUT2D eigenvalue weighted by atomic mass is 10.0. The minimum Gasteiger partial charge on any atom is -0.481 e. The van der Waals surface area contributed by atoms with Crippen LogP contribution < -0.4 is 0 Å². The summed E-state index contributed by atoms with van der Waals surface area (Å²) >= 11 is 17.8. The Bertz CT molecular complexity index is 692. The monoisotopic (exact) mass is 333 g/mol. The number of benzene rings is 1. The van der Waals surface area contributed by atoms with Gasteiger partial charge in [0.25, 0.3) is 0 Å². The van der Waals surface area contributed by atoms with Crippen LogP contribution in [-0.4, -0.2) is 16.1 Å². The Morgan fingerprint density at radius 1 is 1.20 bits per heavy atom. The van der Waals surface area contributed by atoms with E-state index in [4.69, 9.17) is 39.9 Å². The summed E-state index contributed by atoms with van der Waals surface area (Å²) < 4.78 is 13.8. The first-order chi connectivity index (χ1) is 9.38. The highest BCUT2D eigenvalue weighted by atomic mass is 35.5. The number of carboxylic acid groups (broad SMARTS) is 1. The van der Waals surface area contributed by atoms with Crippen molar-refractivity contribution in [1.82, 2.24) is 4.98 Å². The number of carbonyl (C=O) groups is 1. The molecule has 3 nitrogen and oxygen atoms in total. The van der Waals surface area contributed by atoms with Crippen molar-refractivity contribution in [1.29, 1.82) is 0 Å². The topological polar surface area (TPSA) is 50.2 Å². The van der Waals surface area contributed by atoms with Crippen LogP contribution in [-0.2, 0) is 11.2 Å². The molecule has 104 valence electrons. The number of aliphatic carboxylic acids is 1. The molecule has 1 aromatic carbocycles. The fourth-order valence-corrected chi connectivity index (χ4v) is 2.41. The molecule has 7 heteroatoms. The van der Waals surface area contributed by atoms with E-state index >= 15 is 0 Å². The van der Waals surface area contributed by atoms with Crippen molar-refractivity contribution in [2.75, 3.05) is 0 Å². The van der Waals surface area contributed by atoms with Gasteiger partial charge in [0.05, 0.1) is 16.5 Å². The van der Waals surface area contributed by atoms with E-state index in [0.717, 1.165) is 6.20 Å². The number of carboxylic acids is 1. The van der Waals surface area contributed by atoms with E-state index in [-0.39, 0.29) is 32.6 Å². The number of halogens is 4. The van der Waals surface area contributed by atoms with Crippen LogP contribution in [0.15, 0.2) is 24.4 Å². The van der Waals surface area contributed by atoms with Gasteiger partial charge in [0.1, 0.15) is 0 Å². The predicted molar refractivity (Wildman–Crippen MR) is 76.0 cm³/mol. The van der Waals surface area contributed by atoms with E-state index < -0.39 is 11.9 Å². The Hall–Kier alpha value is -1.36. The van der Waals surface area contributed by atoms with Gasteiger partial charge >= 0.3 is 5.97 Å². The van der Waals surface area contributed by atoms with Crippen LogP contribution >= 0.6 is 34.8 Å². The summed E-state index contributed by atoms with van der Waals surface area (Å²) in [6.45, 7) is 0. The van der Waals surface area contributed by atoms with Crippen molar-refractivity contribution in [2.45, 2.75) is 6.42 Å². The summed E-state index contributed by atoms with van der Waals surface area (Å²) in [7, 11) is 0. The molecule has 2 rings (SSSR count). The molecule has 0 saturated carbocycles. The van der Waals surface area contributed by atoms with Gasteiger partial charge in [-0.15, -0.1) is 0 Å². The average molecular weight is 335 g/mol. The highest BCUT2D eigenvalue weighted by Crippen LogP contribution is 2.37. The van der Waals surface area contributed by atoms with Crippen molar-refractivity contribution in [3.8, 4) is 11.1 Å². The van der Waals surface area contributed by atoms with Crippen molar-refractivity contribution in [3.63, 3.8) is 0 Å². The summed E-state index contributed by atoms with van der Waals surface area (Å²) in [6, 6.07) is 4.24. The molecule has 0 aliphatic rings. The molecule has 1 aromatic heterocycles. The van der Waals surface area contributed by atoms with Crippen LogP contribution in [0.3, 0.4) is 0 Å². The number of pyridine rings is 1. The first-order valence-corrected chi connectivity index (χ1v) is 6.53. The summed E-state index contributed by atoms with van der Waals surface area (Å²) in [4.78, 5) is 14.2. The third kappa shape index (κ3) is 3.20. The average Bonchev–Trinajstić information content (AvgIpc) is 2.35. The Kier molecular flexibility index (Phi) is 4.48. The summed E-state index contributed by atoms with van der Waals surface area (Å²) in [6.07, 6.45) is 0.888. The third-order valence-electron chi connectivity index (χ3n) is 2.53. The first-order valence-electron chi connectivity index (χ1n) is 5.39. The molecule has 0 saturated heterocycles. The molecule has 1 heterocycles. The van der Waals surface area contributed by atoms with Gasteiger partial charge in [0, 0.05) is 22.3 Å². The van der Waals surface area contributed by atoms with E-state index in [9.17, 15) is 9.18 Å². The molecule has 0 radical (unpaired) electrons. The van der Waals surface area contributed by atoms with Crippen molar-refractivity contribution in [2.24, 2.45) is 0 Å². The van der Waals surface area contributed by atoms with Crippen LogP contribution in [0.1, 0.15) is 5.56 Å². The van der Waals surface area contributed by atoms with Crippen molar-refractivity contribution < 1.29 is 14.3 Å². The second-order valence-electron chi connectivity index (χ2n) is 4.00. The number of rotatable bonds is 3. The zero-order valence-electron chi connectivity index (χ0n) is 9.83. The first kappa shape index (κ1) is 15.0. The molecule has 0 aliphatic carbocycles. The van der Waals surface area contributed by atoms with Gasteiger partial charge in [-0.05, 0) is 23.8 Å². The molecular weight excluding hydrogens is 328 g/mol. The van der Waals surface area contributed by atoms with E-state index in [0.29, 0.717) is 5.56 Å². The van der Waals surface area contributed by atoms with E-state index in [1.54, 1.807) is 0 Å². The normalized spacial score (nSPS) is 10.6. The molecule has 0 amide bonds. The van der Waals surface area contributed by atoms with Gasteiger partial charge in [-0.2, -0.15) is 4.39 Å². The highest BCUT2D eigenvalue weighted by molar-refractivity contribution is 6.45. The maximum absolute atomic E-state index is 13.8. The van der Waals surface area contributed by atoms with Crippen LogP contribution in [0.4, 0.5) is 4.39 Å². The molecule has 0 unspecified atom stereocenters. The molecule has 0 aliphatic heterocycles. The van der Waals surface area contributed by atoms with Crippen LogP contribution in [0, 0.1) is 5.95 Å². The molecule has 0 atom stereocenters. The van der Waals surface area contributed by atoms with Gasteiger partial charge in [0.15, 0.2) is 0 Å². The number of nitrogens with zero attached hydrogens (tertiary/aromatic N) is 1. The number of hydrogen-bond acceptors (Lipinski definition) is 2. The Morgan fingerprint density at radius 2 is 1.90 bits per heavy atom. The number of aromatic nitrogens is 1. The smallest absolute Gasteiger partial charge is 0.307 e. The second kappa shape index (κ2) is 5.95. The van der Waals surface area contributed by atoms with Crippen LogP contribution in [0.25, 0.3) is 11.1 Å². The summed E-state index contributed by atoms with van der Waals surface area (Å²) in [5.41, 5.74) is 0.667. The molecule has 0 spiro atoms. The zero-order chi connectivity index (χ0) is 14.9. The number of hydrogen-bond donors (Lipinski definition) is 1. The van der Waals surface area contributed by atoms with Gasteiger partial charge in [-0.3, -0.25) is 4.79 Å². The maximum Gasteiger partial charge on any atom is 0.307 e. The minimum absolute atomic E-state index is 0.0538. The quantitative estimate of drug-likeness (QED) is 0.665. The fourth-order valence-electron chi connectivity index (χ4n) is 1.70. The third-order valence-corrected chi connectivity index (χ3v) is 3.55. The summed E-state index contributed by atoms with van der Waals surface area (Å²) in [5.74, 6) is -1.82. The van der Waals surface area contributed by atoms with Gasteiger partial charge in [-0.1, -0.05) is 34.8 Å². The highest BCUT2D eigenvalue weighted by Gasteiger charge is 2.15. The maximum atomic E-state index is 13.8. The SMILES string of the molecule is O=C(O)Cc1cnc(F)c(-c2cc(Cl)cc(Cl)c2Cl)c1. The Morgan fingerprint density at radius 3 is 2.55 bits per heavy atom. The predicted octanol–water partition coefficient (Wildman–Crippen LogP) is 4.48.